The Labute approximate surface area is 151 Å². The van der Waals surface area contributed by atoms with Crippen LogP contribution in [0.3, 0.4) is 0 Å². The van der Waals surface area contributed by atoms with Crippen LogP contribution >= 0.6 is 0 Å². The first kappa shape index (κ1) is 17.3. The molecule has 0 aromatic heterocycles. The summed E-state index contributed by atoms with van der Waals surface area (Å²) in [5, 5.41) is 19.0. The van der Waals surface area contributed by atoms with Crippen molar-refractivity contribution in [3.63, 3.8) is 0 Å². The third-order valence-electron chi connectivity index (χ3n) is 5.15. The lowest BCUT2D eigenvalue weighted by molar-refractivity contribution is -0.121. The molecule has 0 spiro atoms. The standard InChI is InChI=1S/C20H22O6/c1-23-19-14-6-4-12(8-17(14)26-20(19)24-2)11-3-5-13-15(9-21)18(10-22)25-16(13)7-11/h3-8,15,18-22H,9-10H2,1-2H3. The minimum atomic E-state index is -0.454. The van der Waals surface area contributed by atoms with Crippen LogP contribution in [0.25, 0.3) is 11.1 Å². The van der Waals surface area contributed by atoms with Crippen molar-refractivity contribution in [3.05, 3.63) is 47.5 Å². The number of fused-ring (bicyclic) bond motifs is 2. The van der Waals surface area contributed by atoms with E-state index >= 15 is 0 Å². The maximum atomic E-state index is 9.57. The predicted octanol–water partition coefficient (Wildman–Crippen LogP) is 2.24. The van der Waals surface area contributed by atoms with Gasteiger partial charge in [-0.3, -0.25) is 0 Å². The molecule has 2 aromatic rings. The average Bonchev–Trinajstić information content (AvgIpc) is 3.23. The zero-order chi connectivity index (χ0) is 18.3. The van der Waals surface area contributed by atoms with E-state index in [4.69, 9.17) is 18.9 Å². The Bertz CT molecular complexity index is 737. The van der Waals surface area contributed by atoms with Gasteiger partial charge < -0.3 is 29.2 Å². The summed E-state index contributed by atoms with van der Waals surface area (Å²) in [6.45, 7) is -0.181. The first-order valence-electron chi connectivity index (χ1n) is 8.59. The summed E-state index contributed by atoms with van der Waals surface area (Å²) in [6, 6.07) is 11.8. The van der Waals surface area contributed by atoms with E-state index in [1.54, 1.807) is 14.2 Å². The molecule has 0 radical (unpaired) electrons. The summed E-state index contributed by atoms with van der Waals surface area (Å²) in [5.74, 6) is 1.24. The Morgan fingerprint density at radius 2 is 1.50 bits per heavy atom. The number of hydrogen-bond acceptors (Lipinski definition) is 6. The lowest BCUT2D eigenvalue weighted by Gasteiger charge is -2.15. The second-order valence-electron chi connectivity index (χ2n) is 6.51. The molecular formula is C20H22O6. The lowest BCUT2D eigenvalue weighted by Crippen LogP contribution is -2.25. The van der Waals surface area contributed by atoms with Gasteiger partial charge in [-0.05, 0) is 23.3 Å². The zero-order valence-corrected chi connectivity index (χ0v) is 14.7. The fourth-order valence-electron chi connectivity index (χ4n) is 3.74. The lowest BCUT2D eigenvalue weighted by atomic mass is 9.94. The van der Waals surface area contributed by atoms with Gasteiger partial charge in [-0.1, -0.05) is 24.3 Å². The minimum Gasteiger partial charge on any atom is -0.487 e. The van der Waals surface area contributed by atoms with E-state index in [2.05, 4.69) is 0 Å². The summed E-state index contributed by atoms with van der Waals surface area (Å²) in [6.07, 6.45) is -1.11. The number of ether oxygens (including phenoxy) is 4. The van der Waals surface area contributed by atoms with E-state index < -0.39 is 12.4 Å². The highest BCUT2D eigenvalue weighted by atomic mass is 16.7. The van der Waals surface area contributed by atoms with Gasteiger partial charge in [0, 0.05) is 25.3 Å². The van der Waals surface area contributed by atoms with Gasteiger partial charge in [-0.15, -0.1) is 0 Å². The van der Waals surface area contributed by atoms with Gasteiger partial charge in [0.15, 0.2) is 0 Å². The molecule has 4 atom stereocenters. The Balaban J connectivity index is 1.67. The molecule has 0 saturated heterocycles. The summed E-state index contributed by atoms with van der Waals surface area (Å²) < 4.78 is 22.5. The maximum absolute atomic E-state index is 9.57. The zero-order valence-electron chi connectivity index (χ0n) is 14.7. The van der Waals surface area contributed by atoms with E-state index in [0.29, 0.717) is 5.75 Å². The highest BCUT2D eigenvalue weighted by Crippen LogP contribution is 2.43. The molecule has 138 valence electrons. The molecule has 0 amide bonds. The van der Waals surface area contributed by atoms with Crippen LogP contribution in [0.4, 0.5) is 0 Å². The molecule has 0 aliphatic carbocycles. The van der Waals surface area contributed by atoms with Crippen molar-refractivity contribution < 1.29 is 29.2 Å². The van der Waals surface area contributed by atoms with Crippen molar-refractivity contribution >= 4 is 0 Å². The van der Waals surface area contributed by atoms with Crippen molar-refractivity contribution in [3.8, 4) is 22.6 Å². The van der Waals surface area contributed by atoms with Crippen molar-refractivity contribution in [1.29, 1.82) is 0 Å². The van der Waals surface area contributed by atoms with E-state index in [0.717, 1.165) is 28.0 Å². The molecule has 2 aliphatic rings. The largest absolute Gasteiger partial charge is 0.487 e. The summed E-state index contributed by atoms with van der Waals surface area (Å²) in [7, 11) is 3.23. The molecular weight excluding hydrogens is 336 g/mol. The topological polar surface area (TPSA) is 77.4 Å². The molecule has 2 N–H and O–H groups in total. The van der Waals surface area contributed by atoms with E-state index in [1.165, 1.54) is 0 Å². The van der Waals surface area contributed by atoms with Crippen molar-refractivity contribution in [2.24, 2.45) is 0 Å². The van der Waals surface area contributed by atoms with Gasteiger partial charge in [0.2, 0.25) is 6.29 Å². The van der Waals surface area contributed by atoms with Crippen molar-refractivity contribution in [2.75, 3.05) is 27.4 Å². The van der Waals surface area contributed by atoms with Crippen LogP contribution in [0, 0.1) is 0 Å². The van der Waals surface area contributed by atoms with E-state index in [1.807, 2.05) is 36.4 Å². The van der Waals surface area contributed by atoms with Crippen molar-refractivity contribution in [1.82, 2.24) is 0 Å². The van der Waals surface area contributed by atoms with Gasteiger partial charge in [-0.2, -0.15) is 0 Å². The molecule has 4 unspecified atom stereocenters. The molecule has 0 saturated carbocycles. The average molecular weight is 358 g/mol. The Morgan fingerprint density at radius 1 is 0.846 bits per heavy atom. The summed E-state index contributed by atoms with van der Waals surface area (Å²) in [5.41, 5.74) is 3.84. The van der Waals surface area contributed by atoms with E-state index in [9.17, 15) is 10.2 Å². The molecule has 26 heavy (non-hydrogen) atoms. The number of benzene rings is 2. The van der Waals surface area contributed by atoms with Gasteiger partial charge in [0.05, 0.1) is 19.1 Å². The number of hydrogen-bond donors (Lipinski definition) is 2. The highest BCUT2D eigenvalue weighted by Gasteiger charge is 2.36. The summed E-state index contributed by atoms with van der Waals surface area (Å²) >= 11 is 0. The molecule has 2 heterocycles. The van der Waals surface area contributed by atoms with Gasteiger partial charge >= 0.3 is 0 Å². The van der Waals surface area contributed by atoms with Crippen LogP contribution in [0.2, 0.25) is 0 Å². The monoisotopic (exact) mass is 358 g/mol. The third kappa shape index (κ3) is 2.66. The fourth-order valence-corrected chi connectivity index (χ4v) is 3.74. The second-order valence-corrected chi connectivity index (χ2v) is 6.51. The van der Waals surface area contributed by atoms with Crippen LogP contribution in [-0.4, -0.2) is 50.0 Å². The molecule has 4 rings (SSSR count). The third-order valence-corrected chi connectivity index (χ3v) is 5.15. The number of methoxy groups -OCH3 is 2. The Morgan fingerprint density at radius 3 is 2.08 bits per heavy atom. The first-order valence-corrected chi connectivity index (χ1v) is 8.59. The van der Waals surface area contributed by atoms with Crippen LogP contribution < -0.4 is 9.47 Å². The fraction of sp³-hybridized carbons (Fsp3) is 0.400. The molecule has 2 aliphatic heterocycles. The van der Waals surface area contributed by atoms with Crippen LogP contribution in [0.5, 0.6) is 11.5 Å². The smallest absolute Gasteiger partial charge is 0.230 e. The highest BCUT2D eigenvalue weighted by molar-refractivity contribution is 5.69. The Hall–Kier alpha value is -2.12. The number of rotatable bonds is 5. The maximum Gasteiger partial charge on any atom is 0.230 e. The number of aliphatic hydroxyl groups excluding tert-OH is 2. The summed E-state index contributed by atoms with van der Waals surface area (Å²) in [4.78, 5) is 0. The van der Waals surface area contributed by atoms with E-state index in [-0.39, 0.29) is 25.2 Å². The van der Waals surface area contributed by atoms with Crippen molar-refractivity contribution in [2.45, 2.75) is 24.4 Å². The van der Waals surface area contributed by atoms with Crippen LogP contribution in [0.15, 0.2) is 36.4 Å². The number of aliphatic hydroxyl groups is 2. The first-order chi connectivity index (χ1) is 12.7. The van der Waals surface area contributed by atoms with Crippen LogP contribution in [-0.2, 0) is 9.47 Å². The Kier molecular flexibility index (Phi) is 4.58. The molecule has 0 fully saturated rings. The normalized spacial score (nSPS) is 26.2. The molecule has 0 bridgehead atoms. The predicted molar refractivity (Wildman–Crippen MR) is 94.4 cm³/mol. The SMILES string of the molecule is COC1Oc2cc(-c3ccc4c(c3)OC(CO)C4CO)ccc2C1OC. The van der Waals surface area contributed by atoms with Crippen LogP contribution in [0.1, 0.15) is 23.1 Å². The molecule has 6 nitrogen and oxygen atoms in total. The van der Waals surface area contributed by atoms with Gasteiger partial charge in [0.25, 0.3) is 0 Å². The quantitative estimate of drug-likeness (QED) is 0.854. The molecule has 2 aromatic carbocycles. The van der Waals surface area contributed by atoms with Gasteiger partial charge in [0.1, 0.15) is 23.7 Å². The second kappa shape index (κ2) is 6.89. The molecule has 6 heteroatoms. The van der Waals surface area contributed by atoms with Gasteiger partial charge in [-0.25, -0.2) is 0 Å². The minimum absolute atomic E-state index is 0.0545.